The lowest BCUT2D eigenvalue weighted by Crippen LogP contribution is -2.60. The molecule has 1 N–H and O–H groups in total. The SMILES string of the molecule is COc1ccc([C@H]2C3=CC[C@@H]4C(=O)N(c5ccc(C(C)=O)cc5)C(=O)[C@@H]4[C@@H]3C[C@@]3(Cl)C(=O)N(c4ccc(F)cc4)C(=O)[C@@]23Cl)cc1O. The number of nitrogens with zero attached hydrogens (tertiary/aromatic N) is 2. The van der Waals surface area contributed by atoms with Crippen LogP contribution < -0.4 is 14.5 Å². The number of allylic oxidation sites excluding steroid dienone is 2. The normalized spacial score (nSPS) is 29.8. The lowest BCUT2D eigenvalue weighted by atomic mass is 9.56. The van der Waals surface area contributed by atoms with E-state index in [0.29, 0.717) is 22.4 Å². The maximum absolute atomic E-state index is 14.4. The molecule has 4 amide bonds. The van der Waals surface area contributed by atoms with E-state index in [1.165, 1.54) is 50.4 Å². The molecule has 12 heteroatoms. The van der Waals surface area contributed by atoms with Crippen LogP contribution in [0, 0.1) is 23.6 Å². The number of carbonyl (C=O) groups excluding carboxylic acids is 5. The van der Waals surface area contributed by atoms with Gasteiger partial charge in [-0.3, -0.25) is 28.9 Å². The van der Waals surface area contributed by atoms with Gasteiger partial charge in [0.2, 0.25) is 11.8 Å². The fraction of sp³-hybridized carbons (Fsp3) is 0.286. The van der Waals surface area contributed by atoms with Crippen molar-refractivity contribution in [2.24, 2.45) is 17.8 Å². The van der Waals surface area contributed by atoms with E-state index in [0.717, 1.165) is 21.9 Å². The van der Waals surface area contributed by atoms with E-state index in [9.17, 15) is 33.5 Å². The highest BCUT2D eigenvalue weighted by molar-refractivity contribution is 6.58. The van der Waals surface area contributed by atoms with E-state index < -0.39 is 62.9 Å². The summed E-state index contributed by atoms with van der Waals surface area (Å²) in [6.45, 7) is 1.41. The van der Waals surface area contributed by atoms with Crippen LogP contribution in [0.4, 0.5) is 15.8 Å². The number of phenols is 1. The summed E-state index contributed by atoms with van der Waals surface area (Å²) in [7, 11) is 1.38. The minimum absolute atomic E-state index is 0.0642. The third-order valence-electron chi connectivity index (χ3n) is 9.96. The van der Waals surface area contributed by atoms with Gasteiger partial charge in [0.05, 0.1) is 30.3 Å². The predicted molar refractivity (Wildman–Crippen MR) is 170 cm³/mol. The first-order valence-corrected chi connectivity index (χ1v) is 15.7. The summed E-state index contributed by atoms with van der Waals surface area (Å²) in [6, 6.07) is 15.4. The molecule has 2 heterocycles. The summed E-state index contributed by atoms with van der Waals surface area (Å²) in [4.78, 5) is 66.3. The second kappa shape index (κ2) is 10.7. The summed E-state index contributed by atoms with van der Waals surface area (Å²) in [5.41, 5.74) is 1.67. The van der Waals surface area contributed by atoms with Gasteiger partial charge in [-0.1, -0.05) is 17.7 Å². The number of Topliss-reactive ketones (excluding diaryl/α,β-unsaturated/α-hetero) is 1. The van der Waals surface area contributed by atoms with Gasteiger partial charge in [0.15, 0.2) is 27.0 Å². The average molecular weight is 678 g/mol. The number of methoxy groups -OCH3 is 1. The Balaban J connectivity index is 1.37. The van der Waals surface area contributed by atoms with Crippen LogP contribution in [0.15, 0.2) is 78.4 Å². The van der Waals surface area contributed by atoms with Crippen molar-refractivity contribution < 1.29 is 38.2 Å². The molecule has 0 radical (unpaired) electrons. The topological polar surface area (TPSA) is 121 Å². The van der Waals surface area contributed by atoms with Crippen LogP contribution in [0.5, 0.6) is 11.5 Å². The molecule has 2 aliphatic heterocycles. The van der Waals surface area contributed by atoms with Gasteiger partial charge in [-0.2, -0.15) is 0 Å². The Morgan fingerprint density at radius 3 is 2.15 bits per heavy atom. The van der Waals surface area contributed by atoms with Crippen molar-refractivity contribution in [2.45, 2.75) is 35.4 Å². The minimum atomic E-state index is -2.13. The Bertz CT molecular complexity index is 1930. The molecule has 3 aromatic carbocycles. The van der Waals surface area contributed by atoms with Crippen molar-refractivity contribution >= 4 is 64.0 Å². The van der Waals surface area contributed by atoms with E-state index in [1.54, 1.807) is 24.3 Å². The van der Waals surface area contributed by atoms with Gasteiger partial charge < -0.3 is 9.84 Å². The van der Waals surface area contributed by atoms with Gasteiger partial charge in [-0.05, 0) is 91.9 Å². The minimum Gasteiger partial charge on any atom is -0.504 e. The number of carbonyl (C=O) groups is 5. The Kier molecular flexibility index (Phi) is 7.11. The van der Waals surface area contributed by atoms with Gasteiger partial charge in [-0.15, -0.1) is 23.2 Å². The number of anilines is 2. The summed E-state index contributed by atoms with van der Waals surface area (Å²) in [5, 5.41) is 10.8. The number of hydrogen-bond donors (Lipinski definition) is 1. The van der Waals surface area contributed by atoms with E-state index in [4.69, 9.17) is 27.9 Å². The molecule has 2 aliphatic carbocycles. The number of rotatable bonds is 5. The molecular weight excluding hydrogens is 650 g/mol. The zero-order valence-electron chi connectivity index (χ0n) is 25.1. The van der Waals surface area contributed by atoms with Crippen LogP contribution in [-0.2, 0) is 19.2 Å². The fourth-order valence-electron chi connectivity index (χ4n) is 7.76. The zero-order valence-corrected chi connectivity index (χ0v) is 26.6. The number of phenolic OH excluding ortho intramolecular Hbond substituents is 1. The Morgan fingerprint density at radius 2 is 1.53 bits per heavy atom. The zero-order chi connectivity index (χ0) is 33.6. The molecule has 3 fully saturated rings. The van der Waals surface area contributed by atoms with Crippen molar-refractivity contribution in [1.29, 1.82) is 0 Å². The van der Waals surface area contributed by atoms with Crippen LogP contribution in [0.3, 0.4) is 0 Å². The quantitative estimate of drug-likeness (QED) is 0.164. The number of aromatic hydroxyl groups is 1. The smallest absolute Gasteiger partial charge is 0.258 e. The third kappa shape index (κ3) is 4.24. The van der Waals surface area contributed by atoms with Crippen molar-refractivity contribution in [2.75, 3.05) is 16.9 Å². The fourth-order valence-corrected chi connectivity index (χ4v) is 8.69. The summed E-state index contributed by atoms with van der Waals surface area (Å²) < 4.78 is 19.1. The molecule has 2 saturated heterocycles. The van der Waals surface area contributed by atoms with Crippen molar-refractivity contribution in [3.63, 3.8) is 0 Å². The van der Waals surface area contributed by atoms with Gasteiger partial charge >= 0.3 is 0 Å². The molecule has 6 atom stereocenters. The number of halogens is 3. The Hall–Kier alpha value is -4.54. The predicted octanol–water partition coefficient (Wildman–Crippen LogP) is 5.51. The van der Waals surface area contributed by atoms with E-state index in [2.05, 4.69) is 0 Å². The molecule has 0 unspecified atom stereocenters. The monoisotopic (exact) mass is 676 g/mol. The highest BCUT2D eigenvalue weighted by Gasteiger charge is 2.76. The van der Waals surface area contributed by atoms with Crippen molar-refractivity contribution in [1.82, 2.24) is 0 Å². The van der Waals surface area contributed by atoms with Crippen LogP contribution in [-0.4, -0.2) is 51.4 Å². The largest absolute Gasteiger partial charge is 0.504 e. The van der Waals surface area contributed by atoms with E-state index >= 15 is 0 Å². The standard InChI is InChI=1S/C35H27Cl2FN2O7/c1-17(41)18-3-8-21(9-4-18)39-30(43)24-13-12-23-25(28(24)31(39)44)16-34(36)32(45)40(22-10-6-20(38)7-11-22)33(46)35(34,37)29(23)19-5-14-27(47-2)26(42)15-19/h3-12,14-15,24-25,28-29,42H,13,16H2,1-2H3/t24-,25+,28-,29-,34+,35-/m0/s1. The van der Waals surface area contributed by atoms with Gasteiger partial charge in [-0.25, -0.2) is 9.29 Å². The average Bonchev–Trinajstić information content (AvgIpc) is 3.39. The number of ketones is 1. The Labute approximate surface area is 278 Å². The van der Waals surface area contributed by atoms with Crippen LogP contribution in [0.2, 0.25) is 0 Å². The second-order valence-corrected chi connectivity index (χ2v) is 13.5. The molecule has 3 aromatic rings. The van der Waals surface area contributed by atoms with Gasteiger partial charge in [0.1, 0.15) is 5.82 Å². The number of ether oxygens (including phenoxy) is 1. The number of imide groups is 2. The number of benzene rings is 3. The lowest BCUT2D eigenvalue weighted by Gasteiger charge is -2.50. The molecule has 7 rings (SSSR count). The molecule has 9 nitrogen and oxygen atoms in total. The number of amides is 4. The van der Waals surface area contributed by atoms with Crippen LogP contribution in [0.25, 0.3) is 0 Å². The second-order valence-electron chi connectivity index (χ2n) is 12.3. The number of hydrogen-bond acceptors (Lipinski definition) is 7. The molecular formula is C35H27Cl2FN2O7. The van der Waals surface area contributed by atoms with Gasteiger partial charge in [0.25, 0.3) is 11.8 Å². The first-order chi connectivity index (χ1) is 22.3. The summed E-state index contributed by atoms with van der Waals surface area (Å²) in [6.07, 6.45) is 1.68. The molecule has 1 saturated carbocycles. The molecule has 0 spiro atoms. The summed E-state index contributed by atoms with van der Waals surface area (Å²) in [5.74, 6) is -7.09. The van der Waals surface area contributed by atoms with Crippen LogP contribution in [0.1, 0.15) is 41.6 Å². The maximum Gasteiger partial charge on any atom is 0.258 e. The molecule has 4 aliphatic rings. The van der Waals surface area contributed by atoms with Crippen molar-refractivity contribution in [3.05, 3.63) is 95.3 Å². The Morgan fingerprint density at radius 1 is 0.894 bits per heavy atom. The molecule has 47 heavy (non-hydrogen) atoms. The number of alkyl halides is 2. The van der Waals surface area contributed by atoms with Gasteiger partial charge in [0, 0.05) is 11.5 Å². The van der Waals surface area contributed by atoms with E-state index in [1.807, 2.05) is 0 Å². The maximum atomic E-state index is 14.4. The van der Waals surface area contributed by atoms with Crippen molar-refractivity contribution in [3.8, 4) is 11.5 Å². The molecule has 0 bridgehead atoms. The number of fused-ring (bicyclic) bond motifs is 4. The molecule has 0 aromatic heterocycles. The van der Waals surface area contributed by atoms with E-state index in [-0.39, 0.29) is 35.8 Å². The van der Waals surface area contributed by atoms with Crippen LogP contribution >= 0.6 is 23.2 Å². The third-order valence-corrected chi connectivity index (χ3v) is 11.4. The highest BCUT2D eigenvalue weighted by atomic mass is 35.5. The first-order valence-electron chi connectivity index (χ1n) is 14.9. The molecule has 240 valence electrons. The summed E-state index contributed by atoms with van der Waals surface area (Å²) >= 11 is 14.7. The highest BCUT2D eigenvalue weighted by Crippen LogP contribution is 2.66. The lowest BCUT2D eigenvalue weighted by molar-refractivity contribution is -0.125. The first kappa shape index (κ1) is 31.1.